The Labute approximate surface area is 147 Å². The van der Waals surface area contributed by atoms with Crippen molar-refractivity contribution in [2.75, 3.05) is 10.6 Å². The summed E-state index contributed by atoms with van der Waals surface area (Å²) in [5, 5.41) is 16.6. The molecule has 8 nitrogen and oxygen atoms in total. The summed E-state index contributed by atoms with van der Waals surface area (Å²) in [5.74, 6) is -0.583. The number of carbonyl (C=O) groups is 2. The van der Waals surface area contributed by atoms with Gasteiger partial charge in [-0.1, -0.05) is 17.7 Å². The van der Waals surface area contributed by atoms with Gasteiger partial charge in [-0.25, -0.2) is 4.68 Å². The molecule has 0 aliphatic carbocycles. The van der Waals surface area contributed by atoms with Crippen LogP contribution in [0.2, 0.25) is 5.02 Å². The van der Waals surface area contributed by atoms with Gasteiger partial charge in [0.05, 0.1) is 16.3 Å². The Balaban J connectivity index is 1.84. The Morgan fingerprint density at radius 3 is 2.52 bits per heavy atom. The van der Waals surface area contributed by atoms with Crippen LogP contribution in [0, 0.1) is 0 Å². The van der Waals surface area contributed by atoms with Crippen LogP contribution in [-0.4, -0.2) is 32.0 Å². The van der Waals surface area contributed by atoms with Crippen LogP contribution in [-0.2, 0) is 4.79 Å². The standard InChI is InChI=1S/C16H13ClN6O2/c1-10(24)19-11-3-2-4-12(7-11)20-16(25)14-8-13(5-6-15(14)17)23-9-18-21-22-23/h2-9H,1H3,(H,19,24)(H,20,25). The summed E-state index contributed by atoms with van der Waals surface area (Å²) >= 11 is 6.14. The number of tetrazole rings is 1. The topological polar surface area (TPSA) is 102 Å². The van der Waals surface area contributed by atoms with Crippen LogP contribution in [0.25, 0.3) is 5.69 Å². The van der Waals surface area contributed by atoms with Crippen molar-refractivity contribution in [1.29, 1.82) is 0 Å². The lowest BCUT2D eigenvalue weighted by Gasteiger charge is -2.10. The van der Waals surface area contributed by atoms with E-state index in [9.17, 15) is 9.59 Å². The molecule has 0 radical (unpaired) electrons. The van der Waals surface area contributed by atoms with Crippen molar-refractivity contribution in [3.05, 3.63) is 59.4 Å². The molecule has 0 atom stereocenters. The summed E-state index contributed by atoms with van der Waals surface area (Å²) in [6.45, 7) is 1.41. The number of anilines is 2. The number of rotatable bonds is 4. The molecule has 1 aromatic heterocycles. The van der Waals surface area contributed by atoms with Crippen molar-refractivity contribution in [1.82, 2.24) is 20.2 Å². The molecule has 0 spiro atoms. The van der Waals surface area contributed by atoms with Crippen LogP contribution in [0.15, 0.2) is 48.8 Å². The maximum Gasteiger partial charge on any atom is 0.257 e. The number of benzene rings is 2. The Hall–Kier alpha value is -3.26. The molecular weight excluding hydrogens is 344 g/mol. The first-order chi connectivity index (χ1) is 12.0. The molecule has 126 valence electrons. The molecular formula is C16H13ClN6O2. The van der Waals surface area contributed by atoms with Gasteiger partial charge in [0.25, 0.3) is 5.91 Å². The fourth-order valence-corrected chi connectivity index (χ4v) is 2.39. The minimum Gasteiger partial charge on any atom is -0.326 e. The van der Waals surface area contributed by atoms with Crippen LogP contribution in [0.3, 0.4) is 0 Å². The number of aromatic nitrogens is 4. The second-order valence-electron chi connectivity index (χ2n) is 5.13. The average Bonchev–Trinajstić information content (AvgIpc) is 3.09. The van der Waals surface area contributed by atoms with Crippen molar-refractivity contribution >= 4 is 34.8 Å². The van der Waals surface area contributed by atoms with Gasteiger partial charge < -0.3 is 10.6 Å². The van der Waals surface area contributed by atoms with Crippen LogP contribution in [0.5, 0.6) is 0 Å². The molecule has 3 aromatic rings. The lowest BCUT2D eigenvalue weighted by molar-refractivity contribution is -0.114. The average molecular weight is 357 g/mol. The Kier molecular flexibility index (Phi) is 4.71. The quantitative estimate of drug-likeness (QED) is 0.747. The number of hydrogen-bond acceptors (Lipinski definition) is 5. The first-order valence-corrected chi connectivity index (χ1v) is 7.62. The molecule has 2 N–H and O–H groups in total. The van der Waals surface area contributed by atoms with Crippen LogP contribution < -0.4 is 10.6 Å². The van der Waals surface area contributed by atoms with Gasteiger partial charge in [0.2, 0.25) is 5.91 Å². The summed E-state index contributed by atoms with van der Waals surface area (Å²) in [6.07, 6.45) is 1.42. The molecule has 0 aliphatic heterocycles. The largest absolute Gasteiger partial charge is 0.326 e. The molecule has 3 rings (SSSR count). The van der Waals surface area contributed by atoms with Gasteiger partial charge in [-0.05, 0) is 46.8 Å². The number of hydrogen-bond donors (Lipinski definition) is 2. The summed E-state index contributed by atoms with van der Waals surface area (Å²) in [7, 11) is 0. The fraction of sp³-hybridized carbons (Fsp3) is 0.0625. The second-order valence-corrected chi connectivity index (χ2v) is 5.54. The maximum absolute atomic E-state index is 12.5. The third kappa shape index (κ3) is 3.99. The Bertz CT molecular complexity index is 926. The zero-order valence-electron chi connectivity index (χ0n) is 13.1. The highest BCUT2D eigenvalue weighted by molar-refractivity contribution is 6.34. The molecule has 25 heavy (non-hydrogen) atoms. The minimum absolute atomic E-state index is 0.194. The fourth-order valence-electron chi connectivity index (χ4n) is 2.19. The predicted octanol–water partition coefficient (Wildman–Crippen LogP) is 2.53. The van der Waals surface area contributed by atoms with E-state index in [2.05, 4.69) is 26.2 Å². The van der Waals surface area contributed by atoms with E-state index in [1.165, 1.54) is 17.9 Å². The third-order valence-corrected chi connectivity index (χ3v) is 3.58. The third-order valence-electron chi connectivity index (χ3n) is 3.25. The normalized spacial score (nSPS) is 10.3. The van der Waals surface area contributed by atoms with Crippen LogP contribution in [0.1, 0.15) is 17.3 Å². The summed E-state index contributed by atoms with van der Waals surface area (Å²) < 4.78 is 1.42. The highest BCUT2D eigenvalue weighted by atomic mass is 35.5. The van der Waals surface area contributed by atoms with Gasteiger partial charge in [0.15, 0.2) is 0 Å². The Morgan fingerprint density at radius 1 is 1.08 bits per heavy atom. The zero-order valence-corrected chi connectivity index (χ0v) is 13.9. The SMILES string of the molecule is CC(=O)Nc1cccc(NC(=O)c2cc(-n3cnnn3)ccc2Cl)c1. The van der Waals surface area contributed by atoms with Gasteiger partial charge in [-0.15, -0.1) is 5.10 Å². The summed E-state index contributed by atoms with van der Waals surface area (Å²) in [5.41, 5.74) is 1.99. The van der Waals surface area contributed by atoms with Crippen molar-refractivity contribution in [3.8, 4) is 5.69 Å². The maximum atomic E-state index is 12.5. The first-order valence-electron chi connectivity index (χ1n) is 7.25. The van der Waals surface area contributed by atoms with Crippen LogP contribution in [0.4, 0.5) is 11.4 Å². The monoisotopic (exact) mass is 356 g/mol. The molecule has 1 heterocycles. The first kappa shape index (κ1) is 16.6. The van der Waals surface area contributed by atoms with Crippen molar-refractivity contribution in [2.24, 2.45) is 0 Å². The number of halogens is 1. The minimum atomic E-state index is -0.389. The van der Waals surface area contributed by atoms with Crippen LogP contribution >= 0.6 is 11.6 Å². The number of carbonyl (C=O) groups excluding carboxylic acids is 2. The van der Waals surface area contributed by atoms with Crippen molar-refractivity contribution in [2.45, 2.75) is 6.92 Å². The molecule has 0 unspecified atom stereocenters. The molecule has 0 aliphatic rings. The number of nitrogens with zero attached hydrogens (tertiary/aromatic N) is 4. The van der Waals surface area contributed by atoms with E-state index in [0.717, 1.165) is 0 Å². The highest BCUT2D eigenvalue weighted by Crippen LogP contribution is 2.22. The van der Waals surface area contributed by atoms with Crippen molar-refractivity contribution < 1.29 is 9.59 Å². The zero-order chi connectivity index (χ0) is 17.8. The lowest BCUT2D eigenvalue weighted by Crippen LogP contribution is -2.14. The molecule has 0 saturated heterocycles. The Morgan fingerprint density at radius 2 is 1.84 bits per heavy atom. The van der Waals surface area contributed by atoms with E-state index >= 15 is 0 Å². The van der Waals surface area contributed by atoms with E-state index in [0.29, 0.717) is 22.1 Å². The number of amides is 2. The summed E-state index contributed by atoms with van der Waals surface area (Å²) in [4.78, 5) is 23.7. The smallest absolute Gasteiger partial charge is 0.257 e. The second kappa shape index (κ2) is 7.10. The van der Waals surface area contributed by atoms with E-state index < -0.39 is 0 Å². The van der Waals surface area contributed by atoms with Gasteiger partial charge in [0, 0.05) is 18.3 Å². The van der Waals surface area contributed by atoms with Crippen molar-refractivity contribution in [3.63, 3.8) is 0 Å². The van der Waals surface area contributed by atoms with E-state index in [1.807, 2.05) is 0 Å². The number of nitrogens with one attached hydrogen (secondary N) is 2. The molecule has 9 heteroatoms. The molecule has 0 fully saturated rings. The van der Waals surface area contributed by atoms with Gasteiger partial charge in [-0.3, -0.25) is 9.59 Å². The highest BCUT2D eigenvalue weighted by Gasteiger charge is 2.13. The van der Waals surface area contributed by atoms with E-state index in [1.54, 1.807) is 42.5 Å². The van der Waals surface area contributed by atoms with Gasteiger partial charge in [-0.2, -0.15) is 0 Å². The molecule has 2 amide bonds. The molecule has 0 bridgehead atoms. The molecule has 2 aromatic carbocycles. The predicted molar refractivity (Wildman–Crippen MR) is 92.9 cm³/mol. The van der Waals surface area contributed by atoms with Gasteiger partial charge in [0.1, 0.15) is 6.33 Å². The van der Waals surface area contributed by atoms with E-state index in [-0.39, 0.29) is 17.4 Å². The molecule has 0 saturated carbocycles. The van der Waals surface area contributed by atoms with E-state index in [4.69, 9.17) is 11.6 Å². The summed E-state index contributed by atoms with van der Waals surface area (Å²) in [6, 6.07) is 11.7. The lowest BCUT2D eigenvalue weighted by atomic mass is 10.1. The van der Waals surface area contributed by atoms with Gasteiger partial charge >= 0.3 is 0 Å².